The van der Waals surface area contributed by atoms with Crippen LogP contribution in [0, 0.1) is 0 Å². The number of carbonyl (C=O) groups is 2. The fourth-order valence-corrected chi connectivity index (χ4v) is 2.56. The summed E-state index contributed by atoms with van der Waals surface area (Å²) in [4.78, 5) is 24.8. The van der Waals surface area contributed by atoms with Crippen molar-refractivity contribution in [2.24, 2.45) is 0 Å². The Hall–Kier alpha value is -3.06. The highest BCUT2D eigenvalue weighted by Crippen LogP contribution is 2.22. The molecule has 1 atom stereocenters. The first-order valence-electron chi connectivity index (χ1n) is 9.47. The van der Waals surface area contributed by atoms with Crippen molar-refractivity contribution in [3.63, 3.8) is 0 Å². The van der Waals surface area contributed by atoms with Crippen molar-refractivity contribution < 1.29 is 28.5 Å². The number of methoxy groups -OCH3 is 1. The Morgan fingerprint density at radius 3 is 2.38 bits per heavy atom. The van der Waals surface area contributed by atoms with E-state index >= 15 is 0 Å². The number of nitrogens with one attached hydrogen (secondary N) is 1. The van der Waals surface area contributed by atoms with Crippen molar-refractivity contribution in [2.75, 3.05) is 25.6 Å². The van der Waals surface area contributed by atoms with Gasteiger partial charge in [0.05, 0.1) is 25.9 Å². The van der Waals surface area contributed by atoms with Crippen LogP contribution < -0.4 is 14.8 Å². The minimum absolute atomic E-state index is 0.314. The molecule has 0 aromatic heterocycles. The number of anilines is 1. The van der Waals surface area contributed by atoms with Gasteiger partial charge in [-0.3, -0.25) is 4.79 Å². The Labute approximate surface area is 170 Å². The highest BCUT2D eigenvalue weighted by molar-refractivity contribution is 5.97. The predicted molar refractivity (Wildman–Crippen MR) is 109 cm³/mol. The molecule has 2 rings (SSSR count). The van der Waals surface area contributed by atoms with Gasteiger partial charge in [-0.15, -0.1) is 0 Å². The maximum absolute atomic E-state index is 12.5. The molecule has 0 aliphatic rings. The van der Waals surface area contributed by atoms with E-state index in [1.807, 2.05) is 13.8 Å². The molecule has 0 saturated carbocycles. The van der Waals surface area contributed by atoms with Crippen LogP contribution in [0.1, 0.15) is 36.7 Å². The van der Waals surface area contributed by atoms with Crippen LogP contribution >= 0.6 is 0 Å². The van der Waals surface area contributed by atoms with Gasteiger partial charge in [0.25, 0.3) is 5.91 Å². The first kappa shape index (κ1) is 22.2. The van der Waals surface area contributed by atoms with Crippen LogP contribution in [0.25, 0.3) is 0 Å². The van der Waals surface area contributed by atoms with Crippen LogP contribution in [0.2, 0.25) is 0 Å². The average molecular weight is 401 g/mol. The summed E-state index contributed by atoms with van der Waals surface area (Å²) in [5.41, 5.74) is 1.64. The second-order valence-corrected chi connectivity index (χ2v) is 6.16. The maximum atomic E-state index is 12.5. The van der Waals surface area contributed by atoms with Crippen LogP contribution in [-0.4, -0.2) is 38.3 Å². The van der Waals surface area contributed by atoms with Crippen LogP contribution in [0.15, 0.2) is 42.5 Å². The van der Waals surface area contributed by atoms with E-state index in [1.165, 1.54) is 6.92 Å². The van der Waals surface area contributed by atoms with Gasteiger partial charge in [0.15, 0.2) is 6.10 Å². The number of rotatable bonds is 10. The van der Waals surface area contributed by atoms with Crippen LogP contribution in [0.4, 0.5) is 5.69 Å². The van der Waals surface area contributed by atoms with E-state index in [9.17, 15) is 9.59 Å². The summed E-state index contributed by atoms with van der Waals surface area (Å²) in [6, 6.07) is 11.9. The van der Waals surface area contributed by atoms with Crippen molar-refractivity contribution in [3.05, 3.63) is 53.6 Å². The SMILES string of the molecule is CCOCc1cc(C(=O)O[C@@H](C)C(=O)Nc2ccc(OCC)cc2)ccc1OC. The predicted octanol–water partition coefficient (Wildman–Crippen LogP) is 3.81. The largest absolute Gasteiger partial charge is 0.496 e. The summed E-state index contributed by atoms with van der Waals surface area (Å²) in [5, 5.41) is 2.71. The molecule has 0 saturated heterocycles. The van der Waals surface area contributed by atoms with E-state index < -0.39 is 18.0 Å². The standard InChI is InChI=1S/C22H27NO6/c1-5-27-14-17-13-16(7-12-20(17)26-4)22(25)29-15(3)21(24)23-18-8-10-19(11-9-18)28-6-2/h7-13,15H,5-6,14H2,1-4H3,(H,23,24)/t15-/m0/s1. The summed E-state index contributed by atoms with van der Waals surface area (Å²) in [6.07, 6.45) is -0.966. The molecule has 1 N–H and O–H groups in total. The Morgan fingerprint density at radius 2 is 1.76 bits per heavy atom. The van der Waals surface area contributed by atoms with E-state index in [4.69, 9.17) is 18.9 Å². The molecule has 0 aliphatic heterocycles. The molecule has 29 heavy (non-hydrogen) atoms. The van der Waals surface area contributed by atoms with E-state index in [1.54, 1.807) is 49.6 Å². The Balaban J connectivity index is 1.99. The molecule has 7 heteroatoms. The average Bonchev–Trinajstić information content (AvgIpc) is 2.73. The van der Waals surface area contributed by atoms with E-state index in [0.717, 1.165) is 5.56 Å². The minimum atomic E-state index is -0.966. The van der Waals surface area contributed by atoms with Crippen molar-refractivity contribution in [1.82, 2.24) is 0 Å². The monoisotopic (exact) mass is 401 g/mol. The molecule has 0 unspecified atom stereocenters. The lowest BCUT2D eigenvalue weighted by molar-refractivity contribution is -0.123. The highest BCUT2D eigenvalue weighted by Gasteiger charge is 2.20. The van der Waals surface area contributed by atoms with Crippen molar-refractivity contribution >= 4 is 17.6 Å². The lowest BCUT2D eigenvalue weighted by Crippen LogP contribution is -2.30. The van der Waals surface area contributed by atoms with Gasteiger partial charge in [0.2, 0.25) is 0 Å². The Kier molecular flexibility index (Phi) is 8.48. The van der Waals surface area contributed by atoms with E-state index in [-0.39, 0.29) is 0 Å². The van der Waals surface area contributed by atoms with Gasteiger partial charge < -0.3 is 24.3 Å². The zero-order valence-corrected chi connectivity index (χ0v) is 17.2. The normalized spacial score (nSPS) is 11.4. The molecule has 0 fully saturated rings. The topological polar surface area (TPSA) is 83.1 Å². The molecular weight excluding hydrogens is 374 g/mol. The third-order valence-electron chi connectivity index (χ3n) is 4.06. The number of ether oxygens (including phenoxy) is 4. The highest BCUT2D eigenvalue weighted by atomic mass is 16.5. The maximum Gasteiger partial charge on any atom is 0.338 e. The van der Waals surface area contributed by atoms with Crippen molar-refractivity contribution in [2.45, 2.75) is 33.5 Å². The Morgan fingerprint density at radius 1 is 1.03 bits per heavy atom. The first-order valence-corrected chi connectivity index (χ1v) is 9.47. The molecule has 156 valence electrons. The smallest absolute Gasteiger partial charge is 0.338 e. The molecule has 7 nitrogen and oxygen atoms in total. The lowest BCUT2D eigenvalue weighted by Gasteiger charge is -2.15. The van der Waals surface area contributed by atoms with E-state index in [0.29, 0.717) is 42.6 Å². The number of amides is 1. The molecule has 1 amide bonds. The third-order valence-corrected chi connectivity index (χ3v) is 4.06. The number of benzene rings is 2. The second-order valence-electron chi connectivity index (χ2n) is 6.16. The molecular formula is C22H27NO6. The molecule has 2 aromatic carbocycles. The quantitative estimate of drug-likeness (QED) is 0.610. The number of hydrogen-bond donors (Lipinski definition) is 1. The molecule has 0 bridgehead atoms. The summed E-state index contributed by atoms with van der Waals surface area (Å²) in [7, 11) is 1.55. The molecule has 2 aromatic rings. The fourth-order valence-electron chi connectivity index (χ4n) is 2.56. The van der Waals surface area contributed by atoms with Gasteiger partial charge in [0.1, 0.15) is 11.5 Å². The Bertz CT molecular complexity index is 819. The van der Waals surface area contributed by atoms with Crippen LogP contribution in [0.3, 0.4) is 0 Å². The van der Waals surface area contributed by atoms with Gasteiger partial charge in [-0.05, 0) is 63.2 Å². The molecule has 0 radical (unpaired) electrons. The third kappa shape index (κ3) is 6.50. The zero-order valence-electron chi connectivity index (χ0n) is 17.2. The summed E-state index contributed by atoms with van der Waals surface area (Å²) >= 11 is 0. The van der Waals surface area contributed by atoms with Gasteiger partial charge >= 0.3 is 5.97 Å². The minimum Gasteiger partial charge on any atom is -0.496 e. The number of esters is 1. The van der Waals surface area contributed by atoms with Crippen molar-refractivity contribution in [1.29, 1.82) is 0 Å². The van der Waals surface area contributed by atoms with Gasteiger partial charge in [-0.1, -0.05) is 0 Å². The summed E-state index contributed by atoms with van der Waals surface area (Å²) in [6.45, 7) is 6.72. The lowest BCUT2D eigenvalue weighted by atomic mass is 10.1. The van der Waals surface area contributed by atoms with Gasteiger partial charge in [-0.2, -0.15) is 0 Å². The van der Waals surface area contributed by atoms with Gasteiger partial charge in [-0.25, -0.2) is 4.79 Å². The second kappa shape index (κ2) is 11.1. The van der Waals surface area contributed by atoms with Crippen LogP contribution in [-0.2, 0) is 20.9 Å². The van der Waals surface area contributed by atoms with Gasteiger partial charge in [0, 0.05) is 17.9 Å². The first-order chi connectivity index (χ1) is 14.0. The molecule has 0 spiro atoms. The zero-order chi connectivity index (χ0) is 21.2. The van der Waals surface area contributed by atoms with E-state index in [2.05, 4.69) is 5.32 Å². The molecule has 0 aliphatic carbocycles. The summed E-state index contributed by atoms with van der Waals surface area (Å²) in [5.74, 6) is 0.314. The number of hydrogen-bond acceptors (Lipinski definition) is 6. The van der Waals surface area contributed by atoms with Crippen LogP contribution in [0.5, 0.6) is 11.5 Å². The summed E-state index contributed by atoms with van der Waals surface area (Å²) < 4.78 is 21.4. The molecule has 0 heterocycles. The van der Waals surface area contributed by atoms with Crippen molar-refractivity contribution in [3.8, 4) is 11.5 Å². The fraction of sp³-hybridized carbons (Fsp3) is 0.364. The number of carbonyl (C=O) groups excluding carboxylic acids is 2.